The largest absolute Gasteiger partial charge is 0.481 e. The second kappa shape index (κ2) is 4.35. The molecule has 96 valence electrons. The Kier molecular flexibility index (Phi) is 3.15. The zero-order chi connectivity index (χ0) is 13.5. The van der Waals surface area contributed by atoms with Gasteiger partial charge in [-0.15, -0.1) is 11.3 Å². The number of thiazole rings is 1. The topological polar surface area (TPSA) is 50.2 Å². The smallest absolute Gasteiger partial charge is 0.309 e. The van der Waals surface area contributed by atoms with Crippen molar-refractivity contribution in [3.63, 3.8) is 0 Å². The Morgan fingerprint density at radius 2 is 2.06 bits per heavy atom. The normalized spacial score (nSPS) is 12.0. The first kappa shape index (κ1) is 13.0. The minimum atomic E-state index is -0.783. The zero-order valence-corrected chi connectivity index (χ0v) is 11.9. The number of hydrogen-bond donors (Lipinski definition) is 1. The van der Waals surface area contributed by atoms with Crippen molar-refractivity contribution in [2.24, 2.45) is 5.41 Å². The second-order valence-corrected chi connectivity index (χ2v) is 6.44. The number of carboxylic acids is 1. The van der Waals surface area contributed by atoms with E-state index >= 15 is 0 Å². The summed E-state index contributed by atoms with van der Waals surface area (Å²) in [4.78, 5) is 15.7. The summed E-state index contributed by atoms with van der Waals surface area (Å²) in [5, 5.41) is 10.0. The van der Waals surface area contributed by atoms with Crippen molar-refractivity contribution < 1.29 is 9.90 Å². The van der Waals surface area contributed by atoms with Crippen molar-refractivity contribution in [2.45, 2.75) is 34.1 Å². The molecule has 3 nitrogen and oxygen atoms in total. The highest BCUT2D eigenvalue weighted by molar-refractivity contribution is 7.18. The Balaban J connectivity index is 2.43. The van der Waals surface area contributed by atoms with Crippen LogP contribution in [-0.4, -0.2) is 16.1 Å². The molecule has 1 aromatic carbocycles. The zero-order valence-electron chi connectivity index (χ0n) is 11.1. The lowest BCUT2D eigenvalue weighted by atomic mass is 9.90. The van der Waals surface area contributed by atoms with E-state index in [0.717, 1.165) is 15.2 Å². The molecule has 0 radical (unpaired) electrons. The van der Waals surface area contributed by atoms with Crippen LogP contribution >= 0.6 is 11.3 Å². The van der Waals surface area contributed by atoms with Crippen LogP contribution in [-0.2, 0) is 11.2 Å². The number of carbonyl (C=O) groups is 1. The quantitative estimate of drug-likeness (QED) is 0.921. The van der Waals surface area contributed by atoms with Crippen molar-refractivity contribution >= 4 is 27.5 Å². The van der Waals surface area contributed by atoms with Gasteiger partial charge in [0.2, 0.25) is 0 Å². The third kappa shape index (κ3) is 2.25. The molecule has 0 atom stereocenters. The van der Waals surface area contributed by atoms with Crippen LogP contribution in [0.4, 0.5) is 0 Å². The molecule has 0 amide bonds. The standard InChI is InChI=1S/C14H17NO2S/c1-8-5-6-10-12(9(8)2)15-11(18-10)7-14(3,4)13(16)17/h5-6H,7H2,1-4H3,(H,16,17). The molecule has 18 heavy (non-hydrogen) atoms. The van der Waals surface area contributed by atoms with E-state index in [4.69, 9.17) is 5.11 Å². The van der Waals surface area contributed by atoms with E-state index in [-0.39, 0.29) is 0 Å². The van der Waals surface area contributed by atoms with Gasteiger partial charge in [-0.2, -0.15) is 0 Å². The van der Waals surface area contributed by atoms with Gasteiger partial charge in [0, 0.05) is 6.42 Å². The van der Waals surface area contributed by atoms with Gasteiger partial charge < -0.3 is 5.11 Å². The number of hydrogen-bond acceptors (Lipinski definition) is 3. The van der Waals surface area contributed by atoms with E-state index < -0.39 is 11.4 Å². The molecule has 0 fully saturated rings. The number of aryl methyl sites for hydroxylation is 2. The number of rotatable bonds is 3. The van der Waals surface area contributed by atoms with Gasteiger partial charge >= 0.3 is 5.97 Å². The monoisotopic (exact) mass is 263 g/mol. The summed E-state index contributed by atoms with van der Waals surface area (Å²) in [6.45, 7) is 7.59. The number of benzene rings is 1. The van der Waals surface area contributed by atoms with Crippen molar-refractivity contribution in [1.29, 1.82) is 0 Å². The first-order valence-electron chi connectivity index (χ1n) is 5.90. The summed E-state index contributed by atoms with van der Waals surface area (Å²) in [6, 6.07) is 4.15. The predicted molar refractivity (Wildman–Crippen MR) is 74.2 cm³/mol. The molecule has 2 rings (SSSR count). The summed E-state index contributed by atoms with van der Waals surface area (Å²) in [5.41, 5.74) is 2.65. The summed E-state index contributed by atoms with van der Waals surface area (Å²) >= 11 is 1.59. The fourth-order valence-corrected chi connectivity index (χ4v) is 3.06. The summed E-state index contributed by atoms with van der Waals surface area (Å²) in [6.07, 6.45) is 0.472. The third-order valence-corrected chi connectivity index (χ3v) is 4.32. The molecule has 0 saturated carbocycles. The highest BCUT2D eigenvalue weighted by Crippen LogP contribution is 2.30. The molecule has 0 unspecified atom stereocenters. The van der Waals surface area contributed by atoms with Crippen LogP contribution in [0.1, 0.15) is 30.0 Å². The van der Waals surface area contributed by atoms with Gasteiger partial charge in [-0.3, -0.25) is 4.79 Å². The van der Waals surface area contributed by atoms with Gasteiger partial charge in [-0.25, -0.2) is 4.98 Å². The Hall–Kier alpha value is -1.42. The molecule has 0 spiro atoms. The lowest BCUT2D eigenvalue weighted by Gasteiger charge is -2.16. The molecule has 0 aliphatic carbocycles. The van der Waals surface area contributed by atoms with Crippen LogP contribution in [0.2, 0.25) is 0 Å². The van der Waals surface area contributed by atoms with Crippen LogP contribution in [0.25, 0.3) is 10.2 Å². The molecule has 0 bridgehead atoms. The fraction of sp³-hybridized carbons (Fsp3) is 0.429. The van der Waals surface area contributed by atoms with Crippen LogP contribution < -0.4 is 0 Å². The van der Waals surface area contributed by atoms with Crippen LogP contribution in [0.3, 0.4) is 0 Å². The lowest BCUT2D eigenvalue weighted by Crippen LogP contribution is -2.26. The van der Waals surface area contributed by atoms with Gasteiger partial charge in [-0.05, 0) is 44.9 Å². The number of aromatic nitrogens is 1. The predicted octanol–water partition coefficient (Wildman–Crippen LogP) is 3.57. The van der Waals surface area contributed by atoms with E-state index in [2.05, 4.69) is 31.0 Å². The third-order valence-electron chi connectivity index (χ3n) is 3.30. The molecule has 0 aliphatic heterocycles. The molecule has 1 aromatic heterocycles. The van der Waals surface area contributed by atoms with Crippen molar-refractivity contribution in [3.8, 4) is 0 Å². The molecule has 0 saturated heterocycles. The summed E-state index contributed by atoms with van der Waals surface area (Å²) in [7, 11) is 0. The average molecular weight is 263 g/mol. The van der Waals surface area contributed by atoms with Crippen LogP contribution in [0, 0.1) is 19.3 Å². The van der Waals surface area contributed by atoms with Gasteiger partial charge in [-0.1, -0.05) is 6.07 Å². The molecule has 4 heteroatoms. The molecule has 2 aromatic rings. The Labute approximate surface area is 110 Å². The SMILES string of the molecule is Cc1ccc2sc(CC(C)(C)C(=O)O)nc2c1C. The number of nitrogens with zero attached hydrogens (tertiary/aromatic N) is 1. The van der Waals surface area contributed by atoms with E-state index in [1.165, 1.54) is 11.1 Å². The molecule has 0 aliphatic rings. The summed E-state index contributed by atoms with van der Waals surface area (Å²) in [5.74, 6) is -0.783. The minimum Gasteiger partial charge on any atom is -0.481 e. The van der Waals surface area contributed by atoms with E-state index in [1.54, 1.807) is 25.2 Å². The average Bonchev–Trinajstić information content (AvgIpc) is 2.66. The number of carboxylic acid groups (broad SMARTS) is 1. The van der Waals surface area contributed by atoms with E-state index in [1.807, 2.05) is 0 Å². The highest BCUT2D eigenvalue weighted by Gasteiger charge is 2.29. The molecular formula is C14H17NO2S. The van der Waals surface area contributed by atoms with Gasteiger partial charge in [0.1, 0.15) is 0 Å². The summed E-state index contributed by atoms with van der Waals surface area (Å²) < 4.78 is 1.13. The van der Waals surface area contributed by atoms with Gasteiger partial charge in [0.15, 0.2) is 0 Å². The Morgan fingerprint density at radius 1 is 1.39 bits per heavy atom. The molecule has 1 N–H and O–H groups in total. The molecular weight excluding hydrogens is 246 g/mol. The Morgan fingerprint density at radius 3 is 2.67 bits per heavy atom. The van der Waals surface area contributed by atoms with Crippen LogP contribution in [0.15, 0.2) is 12.1 Å². The van der Waals surface area contributed by atoms with E-state index in [0.29, 0.717) is 6.42 Å². The van der Waals surface area contributed by atoms with Gasteiger partial charge in [0.25, 0.3) is 0 Å². The van der Waals surface area contributed by atoms with Crippen molar-refractivity contribution in [2.75, 3.05) is 0 Å². The highest BCUT2D eigenvalue weighted by atomic mass is 32.1. The first-order chi connectivity index (χ1) is 8.31. The number of aliphatic carboxylic acids is 1. The minimum absolute atomic E-state index is 0.472. The number of fused-ring (bicyclic) bond motifs is 1. The fourth-order valence-electron chi connectivity index (χ4n) is 1.80. The van der Waals surface area contributed by atoms with Crippen molar-refractivity contribution in [1.82, 2.24) is 4.98 Å². The maximum atomic E-state index is 11.1. The van der Waals surface area contributed by atoms with Crippen LogP contribution in [0.5, 0.6) is 0 Å². The maximum Gasteiger partial charge on any atom is 0.309 e. The lowest BCUT2D eigenvalue weighted by molar-refractivity contribution is -0.146. The van der Waals surface area contributed by atoms with Crippen molar-refractivity contribution in [3.05, 3.63) is 28.3 Å². The second-order valence-electron chi connectivity index (χ2n) is 5.33. The maximum absolute atomic E-state index is 11.1. The first-order valence-corrected chi connectivity index (χ1v) is 6.72. The Bertz CT molecular complexity index is 614. The van der Waals surface area contributed by atoms with E-state index in [9.17, 15) is 4.79 Å². The van der Waals surface area contributed by atoms with Gasteiger partial charge in [0.05, 0.1) is 20.6 Å². The molecule has 1 heterocycles.